The summed E-state index contributed by atoms with van der Waals surface area (Å²) in [4.78, 5) is 23.8. The van der Waals surface area contributed by atoms with Gasteiger partial charge in [-0.2, -0.15) is 0 Å². The lowest BCUT2D eigenvalue weighted by Crippen LogP contribution is -2.43. The molecular weight excluding hydrogens is 374 g/mol. The van der Waals surface area contributed by atoms with Crippen molar-refractivity contribution in [3.63, 3.8) is 0 Å². The van der Waals surface area contributed by atoms with Crippen LogP contribution in [-0.4, -0.2) is 17.6 Å². The summed E-state index contributed by atoms with van der Waals surface area (Å²) in [6.07, 6.45) is 0.0393. The second kappa shape index (κ2) is 8.92. The summed E-state index contributed by atoms with van der Waals surface area (Å²) in [5, 5.41) is 0.756. The summed E-state index contributed by atoms with van der Waals surface area (Å²) in [6.45, 7) is 0. The maximum absolute atomic E-state index is 13.4. The first-order valence-electron chi connectivity index (χ1n) is 6.84. The highest BCUT2D eigenvalue weighted by molar-refractivity contribution is 8.00. The molecule has 0 heterocycles. The van der Waals surface area contributed by atoms with Crippen LogP contribution in [0.3, 0.4) is 0 Å². The van der Waals surface area contributed by atoms with Gasteiger partial charge < -0.3 is 0 Å². The summed E-state index contributed by atoms with van der Waals surface area (Å²) in [5.74, 6) is -1.25. The average molecular weight is 387 g/mol. The molecule has 126 valence electrons. The molecule has 0 fully saturated rings. The third-order valence-corrected chi connectivity index (χ3v) is 4.67. The number of hydrogen-bond donors (Lipinski definition) is 2. The third-order valence-electron chi connectivity index (χ3n) is 2.89. The molecule has 0 bridgehead atoms. The maximum atomic E-state index is 13.4. The number of carbonyl (C=O) groups is 2. The first-order chi connectivity index (χ1) is 11.5. The molecule has 2 amide bonds. The van der Waals surface area contributed by atoms with Crippen LogP contribution in [0.25, 0.3) is 0 Å². The van der Waals surface area contributed by atoms with Crippen molar-refractivity contribution in [2.75, 3.05) is 5.75 Å². The van der Waals surface area contributed by atoms with Gasteiger partial charge in [0.1, 0.15) is 5.82 Å². The highest BCUT2D eigenvalue weighted by atomic mass is 35.5. The van der Waals surface area contributed by atoms with Crippen LogP contribution in [0, 0.1) is 5.82 Å². The van der Waals surface area contributed by atoms with Gasteiger partial charge in [-0.05, 0) is 29.8 Å². The molecule has 2 rings (SSSR count). The van der Waals surface area contributed by atoms with Crippen molar-refractivity contribution in [2.24, 2.45) is 0 Å². The molecule has 2 aromatic rings. The second-order valence-electron chi connectivity index (χ2n) is 4.74. The fraction of sp³-hybridized carbons (Fsp3) is 0.125. The van der Waals surface area contributed by atoms with E-state index in [4.69, 9.17) is 23.2 Å². The van der Waals surface area contributed by atoms with Crippen molar-refractivity contribution in [2.45, 2.75) is 11.3 Å². The minimum atomic E-state index is -0.439. The quantitative estimate of drug-likeness (QED) is 0.609. The Morgan fingerprint density at radius 2 is 1.71 bits per heavy atom. The Morgan fingerprint density at radius 3 is 2.42 bits per heavy atom. The Hall–Kier alpha value is -1.76. The number of halogens is 3. The Labute approximate surface area is 152 Å². The molecule has 2 N–H and O–H groups in total. The molecule has 4 nitrogen and oxygen atoms in total. The molecule has 8 heteroatoms. The number of hydrazine groups is 1. The molecule has 0 spiro atoms. The van der Waals surface area contributed by atoms with E-state index in [9.17, 15) is 14.0 Å². The van der Waals surface area contributed by atoms with Gasteiger partial charge in [-0.1, -0.05) is 41.4 Å². The van der Waals surface area contributed by atoms with Crippen LogP contribution in [0.2, 0.25) is 10.0 Å². The molecule has 0 aliphatic heterocycles. The van der Waals surface area contributed by atoms with Crippen LogP contribution in [0.5, 0.6) is 0 Å². The van der Waals surface area contributed by atoms with E-state index >= 15 is 0 Å². The molecule has 0 unspecified atom stereocenters. The number of benzene rings is 2. The van der Waals surface area contributed by atoms with Gasteiger partial charge in [0.15, 0.2) is 0 Å². The summed E-state index contributed by atoms with van der Waals surface area (Å²) in [5.41, 5.74) is 5.24. The maximum Gasteiger partial charge on any atom is 0.248 e. The van der Waals surface area contributed by atoms with Gasteiger partial charge in [0, 0.05) is 4.90 Å². The van der Waals surface area contributed by atoms with Crippen LogP contribution in [0.4, 0.5) is 4.39 Å². The van der Waals surface area contributed by atoms with Gasteiger partial charge in [-0.25, -0.2) is 4.39 Å². The third kappa shape index (κ3) is 5.70. The molecule has 0 aliphatic rings. The van der Waals surface area contributed by atoms with Crippen LogP contribution in [0.1, 0.15) is 5.56 Å². The minimum absolute atomic E-state index is 0.0199. The lowest BCUT2D eigenvalue weighted by Gasteiger charge is -2.08. The van der Waals surface area contributed by atoms with Gasteiger partial charge >= 0.3 is 0 Å². The van der Waals surface area contributed by atoms with Crippen LogP contribution >= 0.6 is 35.0 Å². The standard InChI is InChI=1S/C16H13Cl2FN2O2S/c17-11-6-5-10(7-12(11)18)8-15(22)20-21-16(23)9-24-14-4-2-1-3-13(14)19/h1-7H,8-9H2,(H,20,22)(H,21,23). The number of rotatable bonds is 5. The molecule has 2 aromatic carbocycles. The van der Waals surface area contributed by atoms with Crippen LogP contribution in [0.15, 0.2) is 47.4 Å². The molecule has 0 atom stereocenters. The number of nitrogens with one attached hydrogen (secondary N) is 2. The minimum Gasteiger partial charge on any atom is -0.273 e. The predicted molar refractivity (Wildman–Crippen MR) is 93.6 cm³/mol. The van der Waals surface area contributed by atoms with Crippen molar-refractivity contribution in [1.82, 2.24) is 10.9 Å². The molecule has 0 aromatic heterocycles. The normalized spacial score (nSPS) is 10.3. The SMILES string of the molecule is O=C(CSc1ccccc1F)NNC(=O)Cc1ccc(Cl)c(Cl)c1. The number of thioether (sulfide) groups is 1. The van der Waals surface area contributed by atoms with E-state index in [0.29, 0.717) is 20.5 Å². The Morgan fingerprint density at radius 1 is 1.00 bits per heavy atom. The van der Waals surface area contributed by atoms with Gasteiger partial charge in [0.05, 0.1) is 22.2 Å². The van der Waals surface area contributed by atoms with E-state index in [1.807, 2.05) is 0 Å². The van der Waals surface area contributed by atoms with Crippen molar-refractivity contribution in [3.05, 3.63) is 63.9 Å². The fourth-order valence-corrected chi connectivity index (χ4v) is 2.82. The zero-order chi connectivity index (χ0) is 17.5. The van der Waals surface area contributed by atoms with Gasteiger partial charge in [-0.3, -0.25) is 20.4 Å². The Bertz CT molecular complexity index is 759. The Balaban J connectivity index is 1.76. The molecular formula is C16H13Cl2FN2O2S. The van der Waals surface area contributed by atoms with Crippen LogP contribution in [-0.2, 0) is 16.0 Å². The summed E-state index contributed by atoms with van der Waals surface area (Å²) >= 11 is 12.7. The highest BCUT2D eigenvalue weighted by Gasteiger charge is 2.09. The lowest BCUT2D eigenvalue weighted by molar-refractivity contribution is -0.127. The van der Waals surface area contributed by atoms with E-state index in [1.165, 1.54) is 6.07 Å². The van der Waals surface area contributed by atoms with Gasteiger partial charge in [0.25, 0.3) is 0 Å². The smallest absolute Gasteiger partial charge is 0.248 e. The highest BCUT2D eigenvalue weighted by Crippen LogP contribution is 2.23. The zero-order valence-corrected chi connectivity index (χ0v) is 14.6. The largest absolute Gasteiger partial charge is 0.273 e. The van der Waals surface area contributed by atoms with Crippen molar-refractivity contribution < 1.29 is 14.0 Å². The number of amides is 2. The van der Waals surface area contributed by atoms with Gasteiger partial charge in [0.2, 0.25) is 11.8 Å². The van der Waals surface area contributed by atoms with E-state index in [-0.39, 0.29) is 18.0 Å². The average Bonchev–Trinajstić information content (AvgIpc) is 2.55. The monoisotopic (exact) mass is 386 g/mol. The van der Waals surface area contributed by atoms with Crippen molar-refractivity contribution in [1.29, 1.82) is 0 Å². The Kier molecular flexibility index (Phi) is 6.90. The summed E-state index contributed by atoms with van der Waals surface area (Å²) < 4.78 is 13.4. The summed E-state index contributed by atoms with van der Waals surface area (Å²) in [7, 11) is 0. The lowest BCUT2D eigenvalue weighted by atomic mass is 10.1. The van der Waals surface area contributed by atoms with Crippen molar-refractivity contribution in [3.8, 4) is 0 Å². The fourth-order valence-electron chi connectivity index (χ4n) is 1.76. The first-order valence-corrected chi connectivity index (χ1v) is 8.59. The van der Waals surface area contributed by atoms with Crippen LogP contribution < -0.4 is 10.9 Å². The molecule has 0 aliphatic carbocycles. The molecule has 0 saturated heterocycles. The molecule has 0 radical (unpaired) electrons. The van der Waals surface area contributed by atoms with E-state index in [1.54, 1.807) is 36.4 Å². The number of hydrogen-bond acceptors (Lipinski definition) is 3. The zero-order valence-electron chi connectivity index (χ0n) is 12.3. The van der Waals surface area contributed by atoms with E-state index in [0.717, 1.165) is 11.8 Å². The summed E-state index contributed by atoms with van der Waals surface area (Å²) in [6, 6.07) is 11.0. The van der Waals surface area contributed by atoms with Crippen molar-refractivity contribution >= 4 is 46.8 Å². The number of carbonyl (C=O) groups excluding carboxylic acids is 2. The molecule has 24 heavy (non-hydrogen) atoms. The second-order valence-corrected chi connectivity index (χ2v) is 6.57. The van der Waals surface area contributed by atoms with E-state index in [2.05, 4.69) is 10.9 Å². The van der Waals surface area contributed by atoms with E-state index < -0.39 is 11.8 Å². The van der Waals surface area contributed by atoms with Gasteiger partial charge in [-0.15, -0.1) is 11.8 Å². The molecule has 0 saturated carbocycles. The predicted octanol–water partition coefficient (Wildman–Crippen LogP) is 3.61. The first kappa shape index (κ1) is 18.6. The topological polar surface area (TPSA) is 58.2 Å².